The standard InChI is InChI=1S/C7H11N3O/c11-7-4-9-3-6(7)10-2-1-8-5-10/h1-2,5-7,9,11H,3-4H2/t6?,7-/m1/s1. The van der Waals surface area contributed by atoms with Gasteiger partial charge in [0.05, 0.1) is 18.5 Å². The smallest absolute Gasteiger partial charge is 0.0949 e. The van der Waals surface area contributed by atoms with Crippen molar-refractivity contribution < 1.29 is 5.11 Å². The van der Waals surface area contributed by atoms with E-state index in [1.807, 2.05) is 10.8 Å². The molecule has 1 unspecified atom stereocenters. The maximum atomic E-state index is 9.45. The lowest BCUT2D eigenvalue weighted by atomic mass is 10.2. The van der Waals surface area contributed by atoms with Crippen LogP contribution < -0.4 is 5.32 Å². The van der Waals surface area contributed by atoms with E-state index in [1.54, 1.807) is 12.5 Å². The van der Waals surface area contributed by atoms with Gasteiger partial charge in [-0.05, 0) is 0 Å². The van der Waals surface area contributed by atoms with Gasteiger partial charge < -0.3 is 15.0 Å². The molecule has 11 heavy (non-hydrogen) atoms. The molecule has 2 heterocycles. The third-order valence-corrected chi connectivity index (χ3v) is 2.06. The fraction of sp³-hybridized carbons (Fsp3) is 0.571. The average molecular weight is 153 g/mol. The van der Waals surface area contributed by atoms with E-state index < -0.39 is 0 Å². The number of rotatable bonds is 1. The van der Waals surface area contributed by atoms with E-state index in [9.17, 15) is 5.11 Å². The summed E-state index contributed by atoms with van der Waals surface area (Å²) in [6.45, 7) is 1.51. The Kier molecular flexibility index (Phi) is 1.63. The van der Waals surface area contributed by atoms with Crippen LogP contribution in [0, 0.1) is 0 Å². The first-order valence-electron chi connectivity index (χ1n) is 3.74. The molecule has 2 N–H and O–H groups in total. The van der Waals surface area contributed by atoms with E-state index in [1.165, 1.54) is 0 Å². The highest BCUT2D eigenvalue weighted by Crippen LogP contribution is 2.14. The van der Waals surface area contributed by atoms with Crippen molar-refractivity contribution in [3.63, 3.8) is 0 Å². The predicted molar refractivity (Wildman–Crippen MR) is 40.1 cm³/mol. The van der Waals surface area contributed by atoms with E-state index in [2.05, 4.69) is 10.3 Å². The Morgan fingerprint density at radius 3 is 3.00 bits per heavy atom. The predicted octanol–water partition coefficient (Wildman–Crippen LogP) is -0.612. The Labute approximate surface area is 64.9 Å². The first kappa shape index (κ1) is 6.82. The van der Waals surface area contributed by atoms with Gasteiger partial charge in [0.15, 0.2) is 0 Å². The molecule has 1 aliphatic rings. The maximum Gasteiger partial charge on any atom is 0.0949 e. The first-order valence-corrected chi connectivity index (χ1v) is 3.74. The lowest BCUT2D eigenvalue weighted by Crippen LogP contribution is -2.20. The quantitative estimate of drug-likeness (QED) is 0.566. The van der Waals surface area contributed by atoms with E-state index in [0.717, 1.165) is 6.54 Å². The fourth-order valence-electron chi connectivity index (χ4n) is 1.42. The summed E-state index contributed by atoms with van der Waals surface area (Å²) >= 11 is 0. The molecule has 0 saturated carbocycles. The van der Waals surface area contributed by atoms with Crippen LogP contribution in [0.2, 0.25) is 0 Å². The molecule has 0 aliphatic carbocycles. The Morgan fingerprint density at radius 1 is 1.55 bits per heavy atom. The van der Waals surface area contributed by atoms with Gasteiger partial charge in [-0.2, -0.15) is 0 Å². The molecule has 2 atom stereocenters. The van der Waals surface area contributed by atoms with Crippen LogP contribution in [0.15, 0.2) is 18.7 Å². The molecule has 2 rings (SSSR count). The molecule has 0 bridgehead atoms. The third kappa shape index (κ3) is 1.15. The molecule has 1 aromatic rings. The number of hydrogen-bond acceptors (Lipinski definition) is 3. The van der Waals surface area contributed by atoms with E-state index in [0.29, 0.717) is 6.54 Å². The van der Waals surface area contributed by atoms with Crippen molar-refractivity contribution >= 4 is 0 Å². The zero-order valence-electron chi connectivity index (χ0n) is 6.14. The van der Waals surface area contributed by atoms with Crippen LogP contribution in [0.5, 0.6) is 0 Å². The van der Waals surface area contributed by atoms with Gasteiger partial charge in [-0.15, -0.1) is 0 Å². The number of β-amino-alcohol motifs (C(OH)–C–C–N with tert-alkyl or cyclic N) is 1. The van der Waals surface area contributed by atoms with Crippen LogP contribution >= 0.6 is 0 Å². The SMILES string of the molecule is O[C@@H]1CNCC1n1ccnc1. The van der Waals surface area contributed by atoms with Crippen molar-refractivity contribution in [2.24, 2.45) is 0 Å². The number of aliphatic hydroxyl groups is 1. The zero-order valence-corrected chi connectivity index (χ0v) is 6.14. The highest BCUT2D eigenvalue weighted by atomic mass is 16.3. The Morgan fingerprint density at radius 2 is 2.45 bits per heavy atom. The van der Waals surface area contributed by atoms with E-state index in [4.69, 9.17) is 0 Å². The maximum absolute atomic E-state index is 9.45. The molecular weight excluding hydrogens is 142 g/mol. The molecule has 1 aliphatic heterocycles. The van der Waals surface area contributed by atoms with Crippen LogP contribution in [-0.2, 0) is 0 Å². The summed E-state index contributed by atoms with van der Waals surface area (Å²) in [5.74, 6) is 0. The number of nitrogens with one attached hydrogen (secondary N) is 1. The topological polar surface area (TPSA) is 50.1 Å². The molecule has 0 spiro atoms. The summed E-state index contributed by atoms with van der Waals surface area (Å²) in [6, 6.07) is 0.164. The molecule has 1 saturated heterocycles. The zero-order chi connectivity index (χ0) is 7.68. The lowest BCUT2D eigenvalue weighted by Gasteiger charge is -2.13. The van der Waals surface area contributed by atoms with Crippen molar-refractivity contribution in [2.45, 2.75) is 12.1 Å². The summed E-state index contributed by atoms with van der Waals surface area (Å²) in [6.07, 6.45) is 5.07. The third-order valence-electron chi connectivity index (χ3n) is 2.06. The summed E-state index contributed by atoms with van der Waals surface area (Å²) in [7, 11) is 0. The molecule has 0 aromatic carbocycles. The highest BCUT2D eigenvalue weighted by molar-refractivity contribution is 4.90. The minimum absolute atomic E-state index is 0.164. The van der Waals surface area contributed by atoms with Gasteiger partial charge in [0, 0.05) is 25.5 Å². The molecule has 0 amide bonds. The van der Waals surface area contributed by atoms with Crippen molar-refractivity contribution in [1.29, 1.82) is 0 Å². The second kappa shape index (κ2) is 2.64. The Bertz CT molecular complexity index is 222. The largest absolute Gasteiger partial charge is 0.390 e. The van der Waals surface area contributed by atoms with Crippen LogP contribution in [0.4, 0.5) is 0 Å². The minimum atomic E-state index is -0.274. The van der Waals surface area contributed by atoms with Gasteiger partial charge >= 0.3 is 0 Å². The van der Waals surface area contributed by atoms with Crippen LogP contribution in [0.3, 0.4) is 0 Å². The molecular formula is C7H11N3O. The number of imidazole rings is 1. The van der Waals surface area contributed by atoms with Gasteiger partial charge in [0.1, 0.15) is 0 Å². The normalized spacial score (nSPS) is 31.0. The minimum Gasteiger partial charge on any atom is -0.390 e. The van der Waals surface area contributed by atoms with Gasteiger partial charge in [-0.3, -0.25) is 0 Å². The Balaban J connectivity index is 2.16. The number of aliphatic hydroxyl groups excluding tert-OH is 1. The molecule has 4 heteroatoms. The van der Waals surface area contributed by atoms with Crippen LogP contribution in [-0.4, -0.2) is 33.9 Å². The second-order valence-electron chi connectivity index (χ2n) is 2.80. The van der Waals surface area contributed by atoms with Crippen molar-refractivity contribution in [2.75, 3.05) is 13.1 Å². The molecule has 1 fully saturated rings. The summed E-state index contributed by atoms with van der Waals surface area (Å²) in [5.41, 5.74) is 0. The van der Waals surface area contributed by atoms with Crippen molar-refractivity contribution in [1.82, 2.24) is 14.9 Å². The van der Waals surface area contributed by atoms with Crippen molar-refractivity contribution in [3.05, 3.63) is 18.7 Å². The van der Waals surface area contributed by atoms with Crippen LogP contribution in [0.25, 0.3) is 0 Å². The molecule has 60 valence electrons. The monoisotopic (exact) mass is 153 g/mol. The van der Waals surface area contributed by atoms with Crippen molar-refractivity contribution in [3.8, 4) is 0 Å². The first-order chi connectivity index (χ1) is 5.38. The summed E-state index contributed by atoms with van der Waals surface area (Å²) < 4.78 is 1.94. The van der Waals surface area contributed by atoms with E-state index >= 15 is 0 Å². The molecule has 0 radical (unpaired) electrons. The van der Waals surface area contributed by atoms with Crippen LogP contribution in [0.1, 0.15) is 6.04 Å². The van der Waals surface area contributed by atoms with E-state index in [-0.39, 0.29) is 12.1 Å². The molecule has 1 aromatic heterocycles. The fourth-order valence-corrected chi connectivity index (χ4v) is 1.42. The number of hydrogen-bond donors (Lipinski definition) is 2. The summed E-state index contributed by atoms with van der Waals surface area (Å²) in [4.78, 5) is 3.93. The average Bonchev–Trinajstić information content (AvgIpc) is 2.55. The number of aromatic nitrogens is 2. The molecule has 4 nitrogen and oxygen atoms in total. The van der Waals surface area contributed by atoms with Gasteiger partial charge in [0.2, 0.25) is 0 Å². The lowest BCUT2D eigenvalue weighted by molar-refractivity contribution is 0.151. The van der Waals surface area contributed by atoms with Gasteiger partial charge in [-0.1, -0.05) is 0 Å². The van der Waals surface area contributed by atoms with Gasteiger partial charge in [-0.25, -0.2) is 4.98 Å². The highest BCUT2D eigenvalue weighted by Gasteiger charge is 2.25. The Hall–Kier alpha value is -0.870. The second-order valence-corrected chi connectivity index (χ2v) is 2.80. The summed E-state index contributed by atoms with van der Waals surface area (Å²) in [5, 5.41) is 12.6. The number of nitrogens with zero attached hydrogens (tertiary/aromatic N) is 2. The van der Waals surface area contributed by atoms with Gasteiger partial charge in [0.25, 0.3) is 0 Å².